The summed E-state index contributed by atoms with van der Waals surface area (Å²) < 4.78 is 0. The number of carbonyl (C=O) groups excluding carboxylic acids is 1. The number of aryl methyl sites for hydroxylation is 1. The molecule has 0 saturated carbocycles. The monoisotopic (exact) mass is 253 g/mol. The van der Waals surface area contributed by atoms with E-state index in [0.717, 1.165) is 20.7 Å². The van der Waals surface area contributed by atoms with E-state index in [4.69, 9.17) is 0 Å². The maximum absolute atomic E-state index is 12.3. The first kappa shape index (κ1) is 11.1. The number of carbonyl (C=O) groups is 1. The van der Waals surface area contributed by atoms with E-state index in [1.54, 1.807) is 6.20 Å². The second-order valence-electron chi connectivity index (χ2n) is 4.15. The fourth-order valence-corrected chi connectivity index (χ4v) is 2.74. The zero-order valence-electron chi connectivity index (χ0n) is 9.88. The van der Waals surface area contributed by atoms with Crippen LogP contribution in [0.2, 0.25) is 0 Å². The van der Waals surface area contributed by atoms with E-state index >= 15 is 0 Å². The molecule has 18 heavy (non-hydrogen) atoms. The lowest BCUT2D eigenvalue weighted by molar-refractivity contribution is 0.104. The Morgan fingerprint density at radius 3 is 2.83 bits per heavy atom. The number of nitrogens with zero attached hydrogens (tertiary/aromatic N) is 1. The third kappa shape index (κ3) is 1.93. The Kier molecular flexibility index (Phi) is 2.68. The number of aromatic nitrogens is 1. The van der Waals surface area contributed by atoms with E-state index in [1.807, 2.05) is 49.4 Å². The van der Waals surface area contributed by atoms with Crippen molar-refractivity contribution in [1.82, 2.24) is 4.98 Å². The Labute approximate surface area is 109 Å². The molecule has 0 aliphatic heterocycles. The fourth-order valence-electron chi connectivity index (χ4n) is 1.91. The molecular formula is C15H11NOS. The standard InChI is InChI=1S/C15H11NOS/c1-10-4-7-14(18-10)15(17)12-6-5-11-3-2-8-16-13(11)9-12/h2-9H,1H3. The summed E-state index contributed by atoms with van der Waals surface area (Å²) in [6.07, 6.45) is 1.74. The van der Waals surface area contributed by atoms with Crippen molar-refractivity contribution in [2.75, 3.05) is 0 Å². The van der Waals surface area contributed by atoms with Crippen LogP contribution in [0.1, 0.15) is 20.1 Å². The second kappa shape index (κ2) is 4.35. The molecule has 0 amide bonds. The van der Waals surface area contributed by atoms with Gasteiger partial charge in [-0.25, -0.2) is 0 Å². The molecule has 0 aliphatic carbocycles. The van der Waals surface area contributed by atoms with Crippen LogP contribution in [0.25, 0.3) is 10.9 Å². The minimum Gasteiger partial charge on any atom is -0.288 e. The van der Waals surface area contributed by atoms with E-state index in [9.17, 15) is 4.79 Å². The summed E-state index contributed by atoms with van der Waals surface area (Å²) in [5, 5.41) is 1.05. The van der Waals surface area contributed by atoms with Crippen LogP contribution >= 0.6 is 11.3 Å². The molecule has 0 unspecified atom stereocenters. The summed E-state index contributed by atoms with van der Waals surface area (Å²) >= 11 is 1.53. The van der Waals surface area contributed by atoms with Gasteiger partial charge in [0.25, 0.3) is 0 Å². The van der Waals surface area contributed by atoms with Gasteiger partial charge in [0.15, 0.2) is 0 Å². The summed E-state index contributed by atoms with van der Waals surface area (Å²) in [5.74, 6) is 0.0700. The van der Waals surface area contributed by atoms with Gasteiger partial charge in [0, 0.05) is 22.0 Å². The number of hydrogen-bond acceptors (Lipinski definition) is 3. The quantitative estimate of drug-likeness (QED) is 0.649. The largest absolute Gasteiger partial charge is 0.288 e. The highest BCUT2D eigenvalue weighted by Gasteiger charge is 2.11. The van der Waals surface area contributed by atoms with E-state index in [2.05, 4.69) is 4.98 Å². The summed E-state index contributed by atoms with van der Waals surface area (Å²) in [7, 11) is 0. The number of hydrogen-bond donors (Lipinski definition) is 0. The first-order valence-corrected chi connectivity index (χ1v) is 6.51. The molecule has 0 atom stereocenters. The molecule has 88 valence electrons. The van der Waals surface area contributed by atoms with Gasteiger partial charge in [-0.2, -0.15) is 0 Å². The van der Waals surface area contributed by atoms with Crippen molar-refractivity contribution in [3.63, 3.8) is 0 Å². The first-order chi connectivity index (χ1) is 8.74. The van der Waals surface area contributed by atoms with Crippen molar-refractivity contribution in [3.05, 3.63) is 64.0 Å². The molecular weight excluding hydrogens is 242 g/mol. The van der Waals surface area contributed by atoms with Crippen LogP contribution in [0.3, 0.4) is 0 Å². The number of ketones is 1. The van der Waals surface area contributed by atoms with Gasteiger partial charge in [0.1, 0.15) is 0 Å². The minimum atomic E-state index is 0.0700. The SMILES string of the molecule is Cc1ccc(C(=O)c2ccc3cccnc3c2)s1. The summed E-state index contributed by atoms with van der Waals surface area (Å²) in [5.41, 5.74) is 1.56. The van der Waals surface area contributed by atoms with Crippen molar-refractivity contribution in [2.45, 2.75) is 6.92 Å². The van der Waals surface area contributed by atoms with E-state index in [0.29, 0.717) is 5.56 Å². The van der Waals surface area contributed by atoms with Crippen LogP contribution in [0.5, 0.6) is 0 Å². The molecule has 3 rings (SSSR count). The first-order valence-electron chi connectivity index (χ1n) is 5.70. The third-order valence-corrected chi connectivity index (χ3v) is 3.83. The molecule has 2 heterocycles. The zero-order chi connectivity index (χ0) is 12.5. The van der Waals surface area contributed by atoms with Crippen LogP contribution in [0.15, 0.2) is 48.7 Å². The van der Waals surface area contributed by atoms with E-state index in [1.165, 1.54) is 11.3 Å². The van der Waals surface area contributed by atoms with Crippen molar-refractivity contribution in [1.29, 1.82) is 0 Å². The van der Waals surface area contributed by atoms with Crippen LogP contribution in [0, 0.1) is 6.92 Å². The molecule has 0 spiro atoms. The Hall–Kier alpha value is -2.00. The maximum atomic E-state index is 12.3. The predicted octanol–water partition coefficient (Wildman–Crippen LogP) is 3.84. The fraction of sp³-hybridized carbons (Fsp3) is 0.0667. The molecule has 3 aromatic rings. The molecule has 2 aromatic heterocycles. The van der Waals surface area contributed by atoms with E-state index in [-0.39, 0.29) is 5.78 Å². The van der Waals surface area contributed by atoms with Gasteiger partial charge in [-0.05, 0) is 31.2 Å². The van der Waals surface area contributed by atoms with Gasteiger partial charge < -0.3 is 0 Å². The third-order valence-electron chi connectivity index (χ3n) is 2.83. The highest BCUT2D eigenvalue weighted by atomic mass is 32.1. The van der Waals surface area contributed by atoms with Gasteiger partial charge in [0.2, 0.25) is 5.78 Å². The number of pyridine rings is 1. The van der Waals surface area contributed by atoms with Gasteiger partial charge in [0.05, 0.1) is 10.4 Å². The molecule has 0 radical (unpaired) electrons. The van der Waals surface area contributed by atoms with Crippen molar-refractivity contribution >= 4 is 28.0 Å². The topological polar surface area (TPSA) is 30.0 Å². The molecule has 0 N–H and O–H groups in total. The Bertz CT molecular complexity index is 730. The Morgan fingerprint density at radius 1 is 1.17 bits per heavy atom. The van der Waals surface area contributed by atoms with Crippen LogP contribution in [0.4, 0.5) is 0 Å². The van der Waals surface area contributed by atoms with Crippen molar-refractivity contribution < 1.29 is 4.79 Å². The number of rotatable bonds is 2. The highest BCUT2D eigenvalue weighted by molar-refractivity contribution is 7.14. The number of benzene rings is 1. The summed E-state index contributed by atoms with van der Waals surface area (Å²) in [6.45, 7) is 2.00. The van der Waals surface area contributed by atoms with E-state index < -0.39 is 0 Å². The molecule has 0 fully saturated rings. The Balaban J connectivity index is 2.06. The van der Waals surface area contributed by atoms with Gasteiger partial charge in [-0.3, -0.25) is 9.78 Å². The molecule has 0 aliphatic rings. The molecule has 3 heteroatoms. The smallest absolute Gasteiger partial charge is 0.203 e. The molecule has 2 nitrogen and oxygen atoms in total. The number of fused-ring (bicyclic) bond motifs is 1. The normalized spacial score (nSPS) is 10.7. The Morgan fingerprint density at radius 2 is 2.06 bits per heavy atom. The molecule has 1 aromatic carbocycles. The zero-order valence-corrected chi connectivity index (χ0v) is 10.7. The van der Waals surface area contributed by atoms with Gasteiger partial charge >= 0.3 is 0 Å². The lowest BCUT2D eigenvalue weighted by atomic mass is 10.1. The summed E-state index contributed by atoms with van der Waals surface area (Å²) in [4.78, 5) is 18.5. The lowest BCUT2D eigenvalue weighted by Crippen LogP contribution is -1.98. The maximum Gasteiger partial charge on any atom is 0.203 e. The van der Waals surface area contributed by atoms with Gasteiger partial charge in [-0.15, -0.1) is 11.3 Å². The molecule has 0 bridgehead atoms. The van der Waals surface area contributed by atoms with Crippen LogP contribution < -0.4 is 0 Å². The van der Waals surface area contributed by atoms with Crippen LogP contribution in [-0.2, 0) is 0 Å². The lowest BCUT2D eigenvalue weighted by Gasteiger charge is -2.00. The second-order valence-corrected chi connectivity index (χ2v) is 5.44. The predicted molar refractivity (Wildman–Crippen MR) is 74.2 cm³/mol. The number of thiophene rings is 1. The van der Waals surface area contributed by atoms with Crippen molar-refractivity contribution in [3.8, 4) is 0 Å². The minimum absolute atomic E-state index is 0.0700. The average Bonchev–Trinajstić information content (AvgIpc) is 2.84. The van der Waals surface area contributed by atoms with Crippen molar-refractivity contribution in [2.24, 2.45) is 0 Å². The van der Waals surface area contributed by atoms with Gasteiger partial charge in [-0.1, -0.05) is 18.2 Å². The van der Waals surface area contributed by atoms with Crippen LogP contribution in [-0.4, -0.2) is 10.8 Å². The summed E-state index contributed by atoms with van der Waals surface area (Å²) in [6, 6.07) is 13.4. The average molecular weight is 253 g/mol. The molecule has 0 saturated heterocycles. The highest BCUT2D eigenvalue weighted by Crippen LogP contribution is 2.21.